The third kappa shape index (κ3) is 4.78. The van der Waals surface area contributed by atoms with Gasteiger partial charge in [-0.2, -0.15) is 0 Å². The molecule has 2 aromatic rings. The minimum atomic E-state index is -0.572. The molecule has 2 amide bonds. The average Bonchev–Trinajstić information content (AvgIpc) is 2.71. The van der Waals surface area contributed by atoms with Crippen LogP contribution in [0.1, 0.15) is 43.5 Å². The van der Waals surface area contributed by atoms with Gasteiger partial charge in [-0.1, -0.05) is 68.4 Å². The molecule has 0 fully saturated rings. The van der Waals surface area contributed by atoms with Gasteiger partial charge in [-0.15, -0.1) is 0 Å². The largest absolute Gasteiger partial charge is 0.348 e. The highest BCUT2D eigenvalue weighted by Gasteiger charge is 2.30. The highest BCUT2D eigenvalue weighted by Crippen LogP contribution is 2.17. The van der Waals surface area contributed by atoms with Crippen LogP contribution in [0, 0.1) is 5.92 Å². The summed E-state index contributed by atoms with van der Waals surface area (Å²) in [5.41, 5.74) is 3.45. The van der Waals surface area contributed by atoms with Gasteiger partial charge in [-0.25, -0.2) is 0 Å². The second kappa shape index (κ2) is 9.02. The van der Waals surface area contributed by atoms with Crippen LogP contribution in [0.5, 0.6) is 0 Å². The number of nitrogens with one attached hydrogen (secondary N) is 3. The average molecular weight is 380 g/mol. The number of benzene rings is 2. The van der Waals surface area contributed by atoms with E-state index in [2.05, 4.69) is 28.1 Å². The summed E-state index contributed by atoms with van der Waals surface area (Å²) in [6, 6.07) is 16.9. The Morgan fingerprint density at radius 2 is 1.57 bits per heavy atom. The molecule has 5 heteroatoms. The van der Waals surface area contributed by atoms with Gasteiger partial charge >= 0.3 is 0 Å². The van der Waals surface area contributed by atoms with Gasteiger partial charge in [0.15, 0.2) is 0 Å². The minimum absolute atomic E-state index is 0.0113. The number of hydrogen-bond donors (Lipinski definition) is 3. The first kappa shape index (κ1) is 20.1. The predicted molar refractivity (Wildman–Crippen MR) is 111 cm³/mol. The fourth-order valence-electron chi connectivity index (χ4n) is 3.56. The first-order chi connectivity index (χ1) is 13.5. The van der Waals surface area contributed by atoms with Crippen molar-refractivity contribution in [2.24, 2.45) is 5.92 Å². The Balaban J connectivity index is 1.62. The van der Waals surface area contributed by atoms with Crippen LogP contribution in [0.3, 0.4) is 0 Å². The van der Waals surface area contributed by atoms with Crippen molar-refractivity contribution >= 4 is 11.8 Å². The summed E-state index contributed by atoms with van der Waals surface area (Å²) >= 11 is 0. The molecule has 0 spiro atoms. The second-order valence-electron chi connectivity index (χ2n) is 7.78. The zero-order valence-corrected chi connectivity index (χ0v) is 16.7. The van der Waals surface area contributed by atoms with E-state index >= 15 is 0 Å². The zero-order valence-electron chi connectivity index (χ0n) is 16.7. The third-order valence-electron chi connectivity index (χ3n) is 5.30. The smallest absolute Gasteiger partial charge is 0.243 e. The molecule has 0 bridgehead atoms. The maximum atomic E-state index is 12.8. The standard InChI is InChI=1S/C23H29N3O2/c1-15(2)21(23(28)25-16(3)17-9-5-4-6-10-17)26-22(27)20-13-18-11-7-8-12-19(18)14-24-20/h4-12,15-16,20-21,24H,13-14H2,1-3H3,(H,25,28)(H,26,27)/t16-,20+,21+/m0/s1. The van der Waals surface area contributed by atoms with E-state index in [1.54, 1.807) is 0 Å². The van der Waals surface area contributed by atoms with E-state index in [0.29, 0.717) is 13.0 Å². The van der Waals surface area contributed by atoms with Crippen LogP contribution in [0.25, 0.3) is 0 Å². The number of carbonyl (C=O) groups is 2. The lowest BCUT2D eigenvalue weighted by Gasteiger charge is -2.29. The first-order valence-electron chi connectivity index (χ1n) is 9.91. The van der Waals surface area contributed by atoms with Gasteiger partial charge < -0.3 is 16.0 Å². The molecule has 1 aliphatic rings. The molecule has 0 aliphatic carbocycles. The van der Waals surface area contributed by atoms with E-state index in [4.69, 9.17) is 0 Å². The Bertz CT molecular complexity index is 820. The molecule has 0 saturated heterocycles. The zero-order chi connectivity index (χ0) is 20.1. The van der Waals surface area contributed by atoms with Crippen molar-refractivity contribution in [1.29, 1.82) is 0 Å². The van der Waals surface area contributed by atoms with Crippen molar-refractivity contribution in [3.05, 3.63) is 71.3 Å². The number of fused-ring (bicyclic) bond motifs is 1. The van der Waals surface area contributed by atoms with Crippen molar-refractivity contribution in [2.75, 3.05) is 0 Å². The van der Waals surface area contributed by atoms with Crippen LogP contribution in [-0.2, 0) is 22.6 Å². The van der Waals surface area contributed by atoms with Crippen LogP contribution in [0.4, 0.5) is 0 Å². The fraction of sp³-hybridized carbons (Fsp3) is 0.391. The van der Waals surface area contributed by atoms with Gasteiger partial charge in [0, 0.05) is 6.54 Å². The predicted octanol–water partition coefficient (Wildman–Crippen LogP) is 2.72. The SMILES string of the molecule is CC(C)[C@@H](NC(=O)[C@H]1Cc2ccccc2CN1)C(=O)N[C@@H](C)c1ccccc1. The third-order valence-corrected chi connectivity index (χ3v) is 5.30. The Labute approximate surface area is 166 Å². The molecule has 0 unspecified atom stereocenters. The highest BCUT2D eigenvalue weighted by atomic mass is 16.2. The van der Waals surface area contributed by atoms with Gasteiger partial charge in [0.25, 0.3) is 0 Å². The number of carbonyl (C=O) groups excluding carboxylic acids is 2. The molecule has 2 aromatic carbocycles. The molecule has 3 N–H and O–H groups in total. The fourth-order valence-corrected chi connectivity index (χ4v) is 3.56. The molecule has 0 saturated carbocycles. The summed E-state index contributed by atoms with van der Waals surface area (Å²) in [5.74, 6) is -0.297. The second-order valence-corrected chi connectivity index (χ2v) is 7.78. The van der Waals surface area contributed by atoms with Gasteiger partial charge in [0.05, 0.1) is 12.1 Å². The summed E-state index contributed by atoms with van der Waals surface area (Å²) in [6.07, 6.45) is 0.634. The molecular weight excluding hydrogens is 350 g/mol. The molecule has 0 aromatic heterocycles. The van der Waals surface area contributed by atoms with Crippen LogP contribution < -0.4 is 16.0 Å². The van der Waals surface area contributed by atoms with Gasteiger partial charge in [0.1, 0.15) is 6.04 Å². The highest BCUT2D eigenvalue weighted by molar-refractivity contribution is 5.90. The summed E-state index contributed by atoms with van der Waals surface area (Å²) in [4.78, 5) is 25.7. The van der Waals surface area contributed by atoms with Crippen molar-refractivity contribution in [3.8, 4) is 0 Å². The van der Waals surface area contributed by atoms with Crippen molar-refractivity contribution in [1.82, 2.24) is 16.0 Å². The van der Waals surface area contributed by atoms with Crippen LogP contribution in [0.15, 0.2) is 54.6 Å². The maximum Gasteiger partial charge on any atom is 0.243 e. The summed E-state index contributed by atoms with van der Waals surface area (Å²) < 4.78 is 0. The number of hydrogen-bond acceptors (Lipinski definition) is 3. The van der Waals surface area contributed by atoms with E-state index in [1.165, 1.54) is 11.1 Å². The van der Waals surface area contributed by atoms with Crippen LogP contribution in [0.2, 0.25) is 0 Å². The Morgan fingerprint density at radius 1 is 0.929 bits per heavy atom. The van der Waals surface area contributed by atoms with E-state index in [-0.39, 0.29) is 29.8 Å². The van der Waals surface area contributed by atoms with Crippen molar-refractivity contribution in [3.63, 3.8) is 0 Å². The minimum Gasteiger partial charge on any atom is -0.348 e. The molecule has 1 heterocycles. The van der Waals surface area contributed by atoms with Gasteiger partial charge in [-0.05, 0) is 36.0 Å². The molecule has 28 heavy (non-hydrogen) atoms. The van der Waals surface area contributed by atoms with Crippen molar-refractivity contribution in [2.45, 2.75) is 51.9 Å². The lowest BCUT2D eigenvalue weighted by molar-refractivity contribution is -0.131. The Hall–Kier alpha value is -2.66. The molecule has 148 valence electrons. The topological polar surface area (TPSA) is 70.2 Å². The first-order valence-corrected chi connectivity index (χ1v) is 9.91. The quantitative estimate of drug-likeness (QED) is 0.723. The maximum absolute atomic E-state index is 12.8. The molecule has 0 radical (unpaired) electrons. The molecule has 3 rings (SSSR count). The normalized spacial score (nSPS) is 18.1. The Kier molecular flexibility index (Phi) is 6.47. The summed E-state index contributed by atoms with van der Waals surface area (Å²) in [5, 5.41) is 9.27. The summed E-state index contributed by atoms with van der Waals surface area (Å²) in [6.45, 7) is 6.51. The number of amides is 2. The lowest BCUT2D eigenvalue weighted by atomic mass is 9.94. The summed E-state index contributed by atoms with van der Waals surface area (Å²) in [7, 11) is 0. The van der Waals surface area contributed by atoms with E-state index < -0.39 is 6.04 Å². The van der Waals surface area contributed by atoms with Crippen LogP contribution >= 0.6 is 0 Å². The molecule has 1 aliphatic heterocycles. The Morgan fingerprint density at radius 3 is 2.25 bits per heavy atom. The lowest BCUT2D eigenvalue weighted by Crippen LogP contribution is -2.56. The molecule has 5 nitrogen and oxygen atoms in total. The van der Waals surface area contributed by atoms with Crippen LogP contribution in [-0.4, -0.2) is 23.9 Å². The molecular formula is C23H29N3O2. The van der Waals surface area contributed by atoms with E-state index in [9.17, 15) is 9.59 Å². The monoisotopic (exact) mass is 379 g/mol. The number of rotatable bonds is 6. The van der Waals surface area contributed by atoms with Crippen molar-refractivity contribution < 1.29 is 9.59 Å². The molecule has 3 atom stereocenters. The van der Waals surface area contributed by atoms with Gasteiger partial charge in [-0.3, -0.25) is 9.59 Å². The van der Waals surface area contributed by atoms with Gasteiger partial charge in [0.2, 0.25) is 11.8 Å². The van der Waals surface area contributed by atoms with E-state index in [0.717, 1.165) is 5.56 Å². The van der Waals surface area contributed by atoms with E-state index in [1.807, 2.05) is 63.2 Å².